The Balaban J connectivity index is 2.37. The van der Waals surface area contributed by atoms with E-state index in [1.54, 1.807) is 6.07 Å². The standard InChI is InChI=1S/C17H24FNO2/c1-5-9-19-16(17(3,4)20-6-2)15-11-12-10-13(18)7-8-14(12)21-15/h7-8,10-11,16,19H,5-6,9H2,1-4H3. The lowest BCUT2D eigenvalue weighted by atomic mass is 9.95. The molecule has 21 heavy (non-hydrogen) atoms. The molecule has 1 heterocycles. The molecule has 0 spiro atoms. The first kappa shape index (κ1) is 16.0. The van der Waals surface area contributed by atoms with Crippen LogP contribution in [-0.4, -0.2) is 18.8 Å². The molecule has 0 bridgehead atoms. The van der Waals surface area contributed by atoms with E-state index in [0.29, 0.717) is 12.2 Å². The third-order valence-corrected chi connectivity index (χ3v) is 3.59. The van der Waals surface area contributed by atoms with Crippen molar-refractivity contribution in [2.75, 3.05) is 13.2 Å². The number of furan rings is 1. The summed E-state index contributed by atoms with van der Waals surface area (Å²) in [4.78, 5) is 0. The van der Waals surface area contributed by atoms with Gasteiger partial charge < -0.3 is 14.5 Å². The zero-order valence-electron chi connectivity index (χ0n) is 13.2. The van der Waals surface area contributed by atoms with E-state index in [1.807, 2.05) is 26.8 Å². The van der Waals surface area contributed by atoms with Gasteiger partial charge in [-0.3, -0.25) is 0 Å². The van der Waals surface area contributed by atoms with Crippen LogP contribution in [0.2, 0.25) is 0 Å². The van der Waals surface area contributed by atoms with Crippen molar-refractivity contribution in [3.05, 3.63) is 35.8 Å². The summed E-state index contributed by atoms with van der Waals surface area (Å²) in [6.45, 7) is 9.67. The van der Waals surface area contributed by atoms with Crippen LogP contribution < -0.4 is 5.32 Å². The van der Waals surface area contributed by atoms with Crippen molar-refractivity contribution in [1.82, 2.24) is 5.32 Å². The van der Waals surface area contributed by atoms with Gasteiger partial charge in [0, 0.05) is 12.0 Å². The normalized spacial score (nSPS) is 13.8. The molecule has 1 atom stereocenters. The van der Waals surface area contributed by atoms with E-state index in [9.17, 15) is 4.39 Å². The highest BCUT2D eigenvalue weighted by molar-refractivity contribution is 5.78. The van der Waals surface area contributed by atoms with Crippen LogP contribution in [0.3, 0.4) is 0 Å². The molecule has 1 aromatic carbocycles. The van der Waals surface area contributed by atoms with Gasteiger partial charge in [0.25, 0.3) is 0 Å². The van der Waals surface area contributed by atoms with Crippen LogP contribution in [0.15, 0.2) is 28.7 Å². The minimum atomic E-state index is -0.406. The van der Waals surface area contributed by atoms with Crippen molar-refractivity contribution in [3.8, 4) is 0 Å². The average Bonchev–Trinajstić information content (AvgIpc) is 2.81. The Kier molecular flexibility index (Phi) is 5.01. The van der Waals surface area contributed by atoms with Crippen molar-refractivity contribution in [2.45, 2.75) is 45.8 Å². The third-order valence-electron chi connectivity index (χ3n) is 3.59. The number of hydrogen-bond donors (Lipinski definition) is 1. The van der Waals surface area contributed by atoms with Crippen LogP contribution >= 0.6 is 0 Å². The fourth-order valence-corrected chi connectivity index (χ4v) is 2.61. The van der Waals surface area contributed by atoms with Gasteiger partial charge in [-0.1, -0.05) is 6.92 Å². The molecule has 1 aromatic heterocycles. The number of fused-ring (bicyclic) bond motifs is 1. The van der Waals surface area contributed by atoms with E-state index < -0.39 is 5.60 Å². The molecule has 0 saturated heterocycles. The van der Waals surface area contributed by atoms with Crippen molar-refractivity contribution >= 4 is 11.0 Å². The highest BCUT2D eigenvalue weighted by Gasteiger charge is 2.33. The van der Waals surface area contributed by atoms with Gasteiger partial charge in [0.2, 0.25) is 0 Å². The van der Waals surface area contributed by atoms with Crippen molar-refractivity contribution in [3.63, 3.8) is 0 Å². The van der Waals surface area contributed by atoms with E-state index in [4.69, 9.17) is 9.15 Å². The Hall–Kier alpha value is -1.39. The number of ether oxygens (including phenoxy) is 1. The summed E-state index contributed by atoms with van der Waals surface area (Å²) in [5, 5.41) is 4.25. The molecule has 0 amide bonds. The largest absolute Gasteiger partial charge is 0.459 e. The predicted molar refractivity (Wildman–Crippen MR) is 82.9 cm³/mol. The summed E-state index contributed by atoms with van der Waals surface area (Å²) in [6.07, 6.45) is 1.02. The Morgan fingerprint density at radius 3 is 2.71 bits per heavy atom. The van der Waals surface area contributed by atoms with Crippen LogP contribution in [0, 0.1) is 5.82 Å². The summed E-state index contributed by atoms with van der Waals surface area (Å²) in [5.41, 5.74) is 0.290. The lowest BCUT2D eigenvalue weighted by Gasteiger charge is -2.33. The summed E-state index contributed by atoms with van der Waals surface area (Å²) >= 11 is 0. The zero-order valence-corrected chi connectivity index (χ0v) is 13.2. The van der Waals surface area contributed by atoms with Gasteiger partial charge in [0.1, 0.15) is 17.2 Å². The molecule has 0 aliphatic rings. The molecule has 4 heteroatoms. The Bertz CT molecular complexity index is 591. The number of rotatable bonds is 7. The van der Waals surface area contributed by atoms with Gasteiger partial charge in [0.15, 0.2) is 0 Å². The zero-order chi connectivity index (χ0) is 15.5. The maximum atomic E-state index is 13.3. The van der Waals surface area contributed by atoms with Gasteiger partial charge in [-0.25, -0.2) is 4.39 Å². The Labute approximate surface area is 125 Å². The molecule has 0 aliphatic carbocycles. The molecular weight excluding hydrogens is 269 g/mol. The minimum absolute atomic E-state index is 0.0761. The molecule has 0 saturated carbocycles. The van der Waals surface area contributed by atoms with Crippen molar-refractivity contribution in [1.29, 1.82) is 0 Å². The minimum Gasteiger partial charge on any atom is -0.459 e. The first-order chi connectivity index (χ1) is 9.97. The van der Waals surface area contributed by atoms with Crippen LogP contribution in [-0.2, 0) is 4.74 Å². The number of nitrogens with one attached hydrogen (secondary N) is 1. The Morgan fingerprint density at radius 2 is 2.05 bits per heavy atom. The summed E-state index contributed by atoms with van der Waals surface area (Å²) in [7, 11) is 0. The number of benzene rings is 1. The van der Waals surface area contributed by atoms with E-state index >= 15 is 0 Å². The molecule has 1 unspecified atom stereocenters. The quantitative estimate of drug-likeness (QED) is 0.820. The summed E-state index contributed by atoms with van der Waals surface area (Å²) < 4.78 is 25.1. The van der Waals surface area contributed by atoms with Crippen LogP contribution in [0.4, 0.5) is 4.39 Å². The second-order valence-electron chi connectivity index (χ2n) is 5.75. The molecule has 116 valence electrons. The molecule has 0 radical (unpaired) electrons. The SMILES string of the molecule is CCCNC(c1cc2cc(F)ccc2o1)C(C)(C)OCC. The molecule has 2 aromatic rings. The van der Waals surface area contributed by atoms with E-state index in [2.05, 4.69) is 12.2 Å². The van der Waals surface area contributed by atoms with Crippen molar-refractivity contribution in [2.24, 2.45) is 0 Å². The lowest BCUT2D eigenvalue weighted by Crippen LogP contribution is -2.41. The second-order valence-corrected chi connectivity index (χ2v) is 5.75. The van der Waals surface area contributed by atoms with Gasteiger partial charge in [-0.2, -0.15) is 0 Å². The van der Waals surface area contributed by atoms with E-state index in [1.165, 1.54) is 12.1 Å². The van der Waals surface area contributed by atoms with Gasteiger partial charge in [-0.15, -0.1) is 0 Å². The average molecular weight is 293 g/mol. The van der Waals surface area contributed by atoms with Crippen molar-refractivity contribution < 1.29 is 13.5 Å². The second kappa shape index (κ2) is 6.58. The molecule has 3 nitrogen and oxygen atoms in total. The smallest absolute Gasteiger partial charge is 0.134 e. The first-order valence-corrected chi connectivity index (χ1v) is 7.54. The fourth-order valence-electron chi connectivity index (χ4n) is 2.61. The Morgan fingerprint density at radius 1 is 1.29 bits per heavy atom. The van der Waals surface area contributed by atoms with E-state index in [-0.39, 0.29) is 11.9 Å². The fraction of sp³-hybridized carbons (Fsp3) is 0.529. The monoisotopic (exact) mass is 293 g/mol. The molecular formula is C17H24FNO2. The predicted octanol–water partition coefficient (Wildman–Crippen LogP) is 4.43. The summed E-state index contributed by atoms with van der Waals surface area (Å²) in [5.74, 6) is 0.527. The van der Waals surface area contributed by atoms with Gasteiger partial charge >= 0.3 is 0 Å². The maximum Gasteiger partial charge on any atom is 0.134 e. The first-order valence-electron chi connectivity index (χ1n) is 7.54. The summed E-state index contributed by atoms with van der Waals surface area (Å²) in [6, 6.07) is 6.39. The molecule has 1 N–H and O–H groups in total. The number of hydrogen-bond acceptors (Lipinski definition) is 3. The highest BCUT2D eigenvalue weighted by atomic mass is 19.1. The molecule has 0 aliphatic heterocycles. The highest BCUT2D eigenvalue weighted by Crippen LogP contribution is 2.33. The third kappa shape index (κ3) is 3.63. The van der Waals surface area contributed by atoms with E-state index in [0.717, 1.165) is 24.1 Å². The topological polar surface area (TPSA) is 34.4 Å². The van der Waals surface area contributed by atoms with Crippen LogP contribution in [0.1, 0.15) is 45.9 Å². The molecule has 2 rings (SSSR count). The maximum absolute atomic E-state index is 13.3. The molecule has 0 fully saturated rings. The van der Waals surface area contributed by atoms with Gasteiger partial charge in [0.05, 0.1) is 11.6 Å². The number of halogens is 1. The van der Waals surface area contributed by atoms with Crippen LogP contribution in [0.25, 0.3) is 11.0 Å². The van der Waals surface area contributed by atoms with Gasteiger partial charge in [-0.05, 0) is 58.0 Å². The van der Waals surface area contributed by atoms with Crippen LogP contribution in [0.5, 0.6) is 0 Å². The lowest BCUT2D eigenvalue weighted by molar-refractivity contribution is -0.0436.